The Kier molecular flexibility index (Phi) is 19.6. The summed E-state index contributed by atoms with van der Waals surface area (Å²) in [6, 6.07) is 5.77. The van der Waals surface area contributed by atoms with Gasteiger partial charge in [-0.05, 0) is 50.8 Å². The van der Waals surface area contributed by atoms with Crippen LogP contribution in [0.4, 0.5) is 4.79 Å². The van der Waals surface area contributed by atoms with Gasteiger partial charge in [0.25, 0.3) is 5.91 Å². The molecule has 0 bridgehead atoms. The number of imide groups is 1. The van der Waals surface area contributed by atoms with Gasteiger partial charge in [0.2, 0.25) is 41.4 Å². The molecule has 3 heterocycles. The lowest BCUT2D eigenvalue weighted by Crippen LogP contribution is -2.61. The molecule has 0 saturated carbocycles. The van der Waals surface area contributed by atoms with Crippen molar-refractivity contribution in [1.29, 1.82) is 0 Å². The fourth-order valence-electron chi connectivity index (χ4n) is 7.69. The van der Waals surface area contributed by atoms with Gasteiger partial charge in [-0.2, -0.15) is 25.3 Å². The number of H-pyrrole nitrogens is 2. The summed E-state index contributed by atoms with van der Waals surface area (Å²) >= 11 is 8.33. The van der Waals surface area contributed by atoms with Crippen LogP contribution in [0.3, 0.4) is 0 Å². The number of carbonyl (C=O) groups excluding carboxylic acids is 9. The molecule has 4 aromatic rings. The molecule has 7 unspecified atom stereocenters. The molecular formula is C46H61N15O9S2. The average molecular weight is 1030 g/mol. The number of nitrogens with two attached hydrogens (primary N) is 3. The van der Waals surface area contributed by atoms with E-state index >= 15 is 0 Å². The number of amides is 10. The van der Waals surface area contributed by atoms with Crippen LogP contribution in [-0.4, -0.2) is 145 Å². The third kappa shape index (κ3) is 15.0. The molecule has 26 heteroatoms. The predicted octanol–water partition coefficient (Wildman–Crippen LogP) is -2.05. The van der Waals surface area contributed by atoms with Crippen molar-refractivity contribution in [2.24, 2.45) is 22.2 Å². The van der Waals surface area contributed by atoms with Gasteiger partial charge in [0, 0.05) is 66.3 Å². The van der Waals surface area contributed by atoms with E-state index in [1.54, 1.807) is 36.5 Å². The van der Waals surface area contributed by atoms with Crippen molar-refractivity contribution in [3.8, 4) is 0 Å². The van der Waals surface area contributed by atoms with Crippen LogP contribution in [0.25, 0.3) is 10.9 Å². The first-order chi connectivity index (χ1) is 34.2. The van der Waals surface area contributed by atoms with E-state index in [0.717, 1.165) is 15.8 Å². The van der Waals surface area contributed by atoms with Crippen LogP contribution in [0.2, 0.25) is 0 Å². The number of carbonyl (C=O) groups is 9. The summed E-state index contributed by atoms with van der Waals surface area (Å²) in [5.41, 5.74) is 17.8. The van der Waals surface area contributed by atoms with E-state index in [2.05, 4.69) is 82.4 Å². The number of aromatic nitrogens is 3. The fourth-order valence-corrected chi connectivity index (χ4v) is 8.29. The molecule has 1 fully saturated rings. The van der Waals surface area contributed by atoms with Gasteiger partial charge in [-0.15, -0.1) is 0 Å². The zero-order valence-corrected chi connectivity index (χ0v) is 41.6. The highest BCUT2D eigenvalue weighted by Gasteiger charge is 2.49. The molecule has 15 N–H and O–H groups in total. The summed E-state index contributed by atoms with van der Waals surface area (Å²) in [6.07, 6.45) is 4.23. The smallest absolute Gasteiger partial charge is 0.325 e. The Hall–Kier alpha value is -7.61. The molecule has 24 nitrogen and oxygen atoms in total. The molecule has 0 spiro atoms. The number of thiol groups is 2. The normalized spacial score (nSPS) is 15.9. The van der Waals surface area contributed by atoms with Crippen molar-refractivity contribution >= 4 is 95.4 Å². The van der Waals surface area contributed by atoms with Crippen molar-refractivity contribution in [2.45, 2.75) is 101 Å². The van der Waals surface area contributed by atoms with Gasteiger partial charge in [0.15, 0.2) is 5.96 Å². The maximum Gasteiger partial charge on any atom is 0.325 e. The van der Waals surface area contributed by atoms with Gasteiger partial charge < -0.3 is 64.4 Å². The van der Waals surface area contributed by atoms with E-state index < -0.39 is 101 Å². The number of rotatable bonds is 26. The van der Waals surface area contributed by atoms with Gasteiger partial charge in [-0.25, -0.2) is 14.7 Å². The molecule has 1 aliphatic rings. The molecular weight excluding hydrogens is 971 g/mol. The van der Waals surface area contributed by atoms with E-state index in [4.69, 9.17) is 17.2 Å². The molecule has 72 heavy (non-hydrogen) atoms. The molecule has 0 aliphatic carbocycles. The number of para-hydroxylation sites is 1. The van der Waals surface area contributed by atoms with Crippen LogP contribution in [0.1, 0.15) is 50.4 Å². The second-order valence-corrected chi connectivity index (χ2v) is 18.3. The number of benzene rings is 2. The average Bonchev–Trinajstić information content (AvgIpc) is 4.06. The van der Waals surface area contributed by atoms with Crippen LogP contribution < -0.4 is 54.4 Å². The van der Waals surface area contributed by atoms with Crippen molar-refractivity contribution in [1.82, 2.24) is 57.1 Å². The summed E-state index contributed by atoms with van der Waals surface area (Å²) in [4.78, 5) is 137. The van der Waals surface area contributed by atoms with Crippen LogP contribution in [0, 0.1) is 0 Å². The van der Waals surface area contributed by atoms with Crippen LogP contribution in [0.5, 0.6) is 0 Å². The lowest BCUT2D eigenvalue weighted by molar-refractivity contribution is -0.138. The number of aromatic amines is 2. The number of imidazole rings is 1. The molecule has 2 aromatic carbocycles. The van der Waals surface area contributed by atoms with Crippen LogP contribution in [-0.2, 0) is 57.6 Å². The summed E-state index contributed by atoms with van der Waals surface area (Å²) in [6.45, 7) is 4.34. The minimum absolute atomic E-state index is 0.0562. The first-order valence-corrected chi connectivity index (χ1v) is 24.1. The van der Waals surface area contributed by atoms with Gasteiger partial charge in [0.1, 0.15) is 47.8 Å². The topological polar surface area (TPSA) is 376 Å². The van der Waals surface area contributed by atoms with Gasteiger partial charge in [-0.1, -0.05) is 48.5 Å². The predicted molar refractivity (Wildman–Crippen MR) is 272 cm³/mol. The maximum absolute atomic E-state index is 14.6. The first-order valence-electron chi connectivity index (χ1n) is 22.8. The monoisotopic (exact) mass is 1030 g/mol. The molecule has 2 aromatic heterocycles. The van der Waals surface area contributed by atoms with Crippen LogP contribution in [0.15, 0.2) is 78.3 Å². The number of primary amides is 1. The third-order valence-electron chi connectivity index (χ3n) is 11.6. The fraction of sp³-hybridized carbons (Fsp3) is 0.413. The Labute approximate surface area is 425 Å². The van der Waals surface area contributed by atoms with Crippen molar-refractivity contribution in [2.75, 3.05) is 18.1 Å². The zero-order valence-electron chi connectivity index (χ0n) is 39.8. The van der Waals surface area contributed by atoms with E-state index in [-0.39, 0.29) is 56.1 Å². The zero-order chi connectivity index (χ0) is 52.7. The minimum atomic E-state index is -1.40. The summed E-state index contributed by atoms with van der Waals surface area (Å²) < 4.78 is 0. The maximum atomic E-state index is 14.6. The second-order valence-electron chi connectivity index (χ2n) is 17.5. The summed E-state index contributed by atoms with van der Waals surface area (Å²) in [7, 11) is 0. The number of nitrogens with zero attached hydrogens (tertiary/aromatic N) is 3. The number of urea groups is 1. The largest absolute Gasteiger partial charge is 0.370 e. The van der Waals surface area contributed by atoms with E-state index in [1.165, 1.54) is 33.3 Å². The van der Waals surface area contributed by atoms with E-state index in [0.29, 0.717) is 16.8 Å². The number of fused-ring (bicyclic) bond motifs is 1. The Morgan fingerprint density at radius 1 is 0.708 bits per heavy atom. The van der Waals surface area contributed by atoms with Gasteiger partial charge in [-0.3, -0.25) is 43.3 Å². The molecule has 5 rings (SSSR count). The first kappa shape index (κ1) is 55.3. The highest BCUT2D eigenvalue weighted by Crippen LogP contribution is 2.21. The molecule has 1 saturated heterocycles. The molecule has 10 amide bonds. The van der Waals surface area contributed by atoms with Gasteiger partial charge >= 0.3 is 6.03 Å². The summed E-state index contributed by atoms with van der Waals surface area (Å²) in [5, 5.41) is 19.1. The van der Waals surface area contributed by atoms with Crippen molar-refractivity contribution in [3.05, 3.63) is 90.1 Å². The van der Waals surface area contributed by atoms with Crippen LogP contribution >= 0.6 is 25.3 Å². The minimum Gasteiger partial charge on any atom is -0.370 e. The SMILES string of the molecule is CC(NC(=O)C(CS)N1C(=O)NC(C)(C)C1=O)C(=O)NC(Cc1cnc[nH]1)C(=O)NC(Cc1ccccc1)C(=O)NC(CCCN=C(N)N)C(=O)NC(Cc1c[nH]c2ccccc12)C(=O)NC(CS)C(N)=O. The lowest BCUT2D eigenvalue weighted by atomic mass is 10.0. The van der Waals surface area contributed by atoms with Crippen molar-refractivity contribution < 1.29 is 43.2 Å². The Bertz CT molecular complexity index is 2630. The molecule has 0 radical (unpaired) electrons. The van der Waals surface area contributed by atoms with Gasteiger partial charge in [0.05, 0.1) is 6.33 Å². The number of aliphatic imine (C=N–C) groups is 1. The quantitative estimate of drug-likeness (QED) is 0.0106. The molecule has 386 valence electrons. The molecule has 1 aliphatic heterocycles. The number of hydrogen-bond acceptors (Lipinski definition) is 13. The third-order valence-corrected chi connectivity index (χ3v) is 12.3. The number of nitrogens with one attached hydrogen (secondary N) is 9. The highest BCUT2D eigenvalue weighted by molar-refractivity contribution is 7.80. The van der Waals surface area contributed by atoms with E-state index in [1.807, 2.05) is 24.3 Å². The second kappa shape index (κ2) is 25.5. The summed E-state index contributed by atoms with van der Waals surface area (Å²) in [5.74, 6) is -7.07. The number of hydrogen-bond donors (Lipinski definition) is 14. The Morgan fingerprint density at radius 3 is 1.88 bits per heavy atom. The Balaban J connectivity index is 1.40. The highest BCUT2D eigenvalue weighted by atomic mass is 32.1. The standard InChI is InChI=1S/C46H61N15O9S2/c1-24(54-42(68)35(22-72)61-43(69)46(2,3)60-45(61)70)37(63)56-33(18-27-20-50-23-53-27)41(67)57-31(16-25-10-5-4-6-11-25)39(65)55-30(14-9-15-51-44(48)49)38(64)58-32(40(66)59-34(21-71)36(47)62)17-26-19-52-29-13-8-7-12-28(26)29/h4-8,10-13,19-20,23-24,30-35,52,71-72H,9,14-18,21-22H2,1-3H3,(H2,47,62)(H,50,53)(H,54,68)(H,55,65)(H,56,63)(H,57,67)(H,58,64)(H,59,66)(H,60,70)(H4,48,49,51). The van der Waals surface area contributed by atoms with Crippen molar-refractivity contribution in [3.63, 3.8) is 0 Å². The lowest BCUT2D eigenvalue weighted by Gasteiger charge is -2.28. The Morgan fingerprint density at radius 2 is 1.29 bits per heavy atom. The van der Waals surface area contributed by atoms with E-state index in [9.17, 15) is 43.2 Å². The number of guanidine groups is 1. The molecule has 7 atom stereocenters.